The van der Waals surface area contributed by atoms with Crippen LogP contribution in [0, 0.1) is 0 Å². The van der Waals surface area contributed by atoms with Gasteiger partial charge in [-0.25, -0.2) is 0 Å². The summed E-state index contributed by atoms with van der Waals surface area (Å²) in [6.45, 7) is 5.37. The Balaban J connectivity index is 2.51. The molecular weight excluding hydrogens is 219 g/mol. The molecule has 1 saturated heterocycles. The van der Waals surface area contributed by atoms with Crippen LogP contribution in [0.5, 0.6) is 0 Å². The number of nitrogens with zero attached hydrogens (tertiary/aromatic N) is 1. The van der Waals surface area contributed by atoms with Crippen LogP contribution >= 0.6 is 0 Å². The summed E-state index contributed by atoms with van der Waals surface area (Å²) in [5.74, 6) is 0. The number of likely N-dealkylation sites (tertiary alicyclic amines) is 1. The zero-order valence-electron chi connectivity index (χ0n) is 10.0. The standard InChI is InChI=1S/C11H20F3NO/c1-8(2)16-9(3)10-5-4-6-15(10)7-11(12,13)14/h8-10H,4-7H2,1-3H3. The maximum absolute atomic E-state index is 12.3. The second-order valence-corrected chi connectivity index (χ2v) is 4.69. The van der Waals surface area contributed by atoms with Crippen molar-refractivity contribution >= 4 is 0 Å². The molecule has 1 rings (SSSR count). The van der Waals surface area contributed by atoms with Gasteiger partial charge in [-0.1, -0.05) is 0 Å². The van der Waals surface area contributed by atoms with E-state index in [-0.39, 0.29) is 18.2 Å². The first-order valence-electron chi connectivity index (χ1n) is 5.76. The highest BCUT2D eigenvalue weighted by molar-refractivity contribution is 4.85. The number of alkyl halides is 3. The van der Waals surface area contributed by atoms with Crippen molar-refractivity contribution in [3.8, 4) is 0 Å². The maximum atomic E-state index is 12.3. The van der Waals surface area contributed by atoms with Crippen molar-refractivity contribution in [2.75, 3.05) is 13.1 Å². The van der Waals surface area contributed by atoms with Gasteiger partial charge in [0.2, 0.25) is 0 Å². The van der Waals surface area contributed by atoms with Crippen molar-refractivity contribution in [1.82, 2.24) is 4.90 Å². The largest absolute Gasteiger partial charge is 0.401 e. The van der Waals surface area contributed by atoms with E-state index < -0.39 is 12.7 Å². The summed E-state index contributed by atoms with van der Waals surface area (Å²) in [5.41, 5.74) is 0. The van der Waals surface area contributed by atoms with Gasteiger partial charge >= 0.3 is 6.18 Å². The minimum atomic E-state index is -4.11. The number of hydrogen-bond acceptors (Lipinski definition) is 2. The molecule has 1 aliphatic heterocycles. The second kappa shape index (κ2) is 5.36. The predicted octanol–water partition coefficient (Wildman–Crippen LogP) is 2.83. The molecule has 0 N–H and O–H groups in total. The molecule has 96 valence electrons. The summed E-state index contributed by atoms with van der Waals surface area (Å²) in [6, 6.07) is -0.0935. The first kappa shape index (κ1) is 13.8. The Morgan fingerprint density at radius 3 is 2.44 bits per heavy atom. The smallest absolute Gasteiger partial charge is 0.374 e. The molecule has 5 heteroatoms. The molecule has 0 aromatic heterocycles. The van der Waals surface area contributed by atoms with Gasteiger partial charge in [0, 0.05) is 6.04 Å². The fraction of sp³-hybridized carbons (Fsp3) is 1.00. The van der Waals surface area contributed by atoms with Gasteiger partial charge in [-0.05, 0) is 40.2 Å². The minimum absolute atomic E-state index is 0.0586. The van der Waals surface area contributed by atoms with E-state index >= 15 is 0 Å². The number of ether oxygens (including phenoxy) is 1. The summed E-state index contributed by atoms with van der Waals surface area (Å²) in [7, 11) is 0. The SMILES string of the molecule is CC(C)OC(C)C1CCCN1CC(F)(F)F. The molecular formula is C11H20F3NO. The van der Waals surface area contributed by atoms with Crippen LogP contribution in [0.1, 0.15) is 33.6 Å². The van der Waals surface area contributed by atoms with Crippen LogP contribution < -0.4 is 0 Å². The Hall–Kier alpha value is -0.290. The zero-order valence-corrected chi connectivity index (χ0v) is 10.0. The average Bonchev–Trinajstić information content (AvgIpc) is 2.47. The Labute approximate surface area is 94.8 Å². The first-order chi connectivity index (χ1) is 7.29. The summed E-state index contributed by atoms with van der Waals surface area (Å²) in [5, 5.41) is 0. The van der Waals surface area contributed by atoms with Crippen molar-refractivity contribution in [2.45, 2.75) is 58.0 Å². The highest BCUT2D eigenvalue weighted by Crippen LogP contribution is 2.27. The van der Waals surface area contributed by atoms with Crippen LogP contribution in [0.25, 0.3) is 0 Å². The molecule has 2 unspecified atom stereocenters. The zero-order chi connectivity index (χ0) is 12.3. The van der Waals surface area contributed by atoms with Crippen molar-refractivity contribution in [3.63, 3.8) is 0 Å². The topological polar surface area (TPSA) is 12.5 Å². The third-order valence-corrected chi connectivity index (χ3v) is 2.83. The van der Waals surface area contributed by atoms with Gasteiger partial charge in [0.1, 0.15) is 0 Å². The van der Waals surface area contributed by atoms with Crippen LogP contribution in [-0.2, 0) is 4.74 Å². The Morgan fingerprint density at radius 1 is 1.31 bits per heavy atom. The highest BCUT2D eigenvalue weighted by Gasteiger charge is 2.38. The normalized spacial score (nSPS) is 25.3. The molecule has 0 radical (unpaired) electrons. The fourth-order valence-corrected chi connectivity index (χ4v) is 2.33. The predicted molar refractivity (Wildman–Crippen MR) is 56.3 cm³/mol. The molecule has 2 nitrogen and oxygen atoms in total. The summed E-state index contributed by atoms with van der Waals surface area (Å²) in [6.07, 6.45) is -2.57. The summed E-state index contributed by atoms with van der Waals surface area (Å²) < 4.78 is 42.5. The van der Waals surface area contributed by atoms with Crippen LogP contribution in [0.3, 0.4) is 0 Å². The molecule has 1 fully saturated rings. The van der Waals surface area contributed by atoms with Crippen molar-refractivity contribution in [3.05, 3.63) is 0 Å². The fourth-order valence-electron chi connectivity index (χ4n) is 2.33. The van der Waals surface area contributed by atoms with Crippen molar-refractivity contribution in [2.24, 2.45) is 0 Å². The lowest BCUT2D eigenvalue weighted by atomic mass is 10.1. The third-order valence-electron chi connectivity index (χ3n) is 2.83. The highest BCUT2D eigenvalue weighted by atomic mass is 19.4. The lowest BCUT2D eigenvalue weighted by Gasteiger charge is -2.31. The maximum Gasteiger partial charge on any atom is 0.401 e. The van der Waals surface area contributed by atoms with Crippen molar-refractivity contribution < 1.29 is 17.9 Å². The lowest BCUT2D eigenvalue weighted by Crippen LogP contribution is -2.44. The quantitative estimate of drug-likeness (QED) is 0.748. The van der Waals surface area contributed by atoms with Gasteiger partial charge in [-0.2, -0.15) is 13.2 Å². The van der Waals surface area contributed by atoms with Crippen LogP contribution in [-0.4, -0.2) is 42.4 Å². The Kier molecular flexibility index (Phi) is 4.62. The number of halogens is 3. The molecule has 1 aliphatic rings. The number of rotatable bonds is 4. The molecule has 16 heavy (non-hydrogen) atoms. The van der Waals surface area contributed by atoms with Gasteiger partial charge in [-0.3, -0.25) is 4.90 Å². The van der Waals surface area contributed by atoms with Gasteiger partial charge < -0.3 is 4.74 Å². The Morgan fingerprint density at radius 2 is 1.94 bits per heavy atom. The Bertz CT molecular complexity index is 218. The lowest BCUT2D eigenvalue weighted by molar-refractivity contribution is -0.153. The molecule has 0 bridgehead atoms. The van der Waals surface area contributed by atoms with E-state index in [2.05, 4.69) is 0 Å². The van der Waals surface area contributed by atoms with Crippen LogP contribution in [0.15, 0.2) is 0 Å². The molecule has 1 heterocycles. The molecule has 0 saturated carbocycles. The van der Waals surface area contributed by atoms with E-state index in [4.69, 9.17) is 4.74 Å². The second-order valence-electron chi connectivity index (χ2n) is 4.69. The molecule has 0 amide bonds. The summed E-state index contributed by atoms with van der Waals surface area (Å²) in [4.78, 5) is 1.49. The van der Waals surface area contributed by atoms with E-state index in [1.165, 1.54) is 4.90 Å². The van der Waals surface area contributed by atoms with Gasteiger partial charge in [0.15, 0.2) is 0 Å². The van der Waals surface area contributed by atoms with Crippen LogP contribution in [0.4, 0.5) is 13.2 Å². The van der Waals surface area contributed by atoms with Gasteiger partial charge in [0.25, 0.3) is 0 Å². The number of hydrogen-bond donors (Lipinski definition) is 0. The van der Waals surface area contributed by atoms with Gasteiger partial charge in [0.05, 0.1) is 18.8 Å². The molecule has 2 atom stereocenters. The summed E-state index contributed by atoms with van der Waals surface area (Å²) >= 11 is 0. The first-order valence-corrected chi connectivity index (χ1v) is 5.76. The monoisotopic (exact) mass is 239 g/mol. The van der Waals surface area contributed by atoms with E-state index in [1.807, 2.05) is 20.8 Å². The molecule has 0 aromatic rings. The van der Waals surface area contributed by atoms with E-state index in [9.17, 15) is 13.2 Å². The van der Waals surface area contributed by atoms with E-state index in [0.29, 0.717) is 6.54 Å². The molecule has 0 spiro atoms. The average molecular weight is 239 g/mol. The molecule has 0 aromatic carbocycles. The van der Waals surface area contributed by atoms with Gasteiger partial charge in [-0.15, -0.1) is 0 Å². The van der Waals surface area contributed by atoms with Crippen molar-refractivity contribution in [1.29, 1.82) is 0 Å². The van der Waals surface area contributed by atoms with E-state index in [1.54, 1.807) is 0 Å². The van der Waals surface area contributed by atoms with E-state index in [0.717, 1.165) is 12.8 Å². The molecule has 0 aliphatic carbocycles. The minimum Gasteiger partial charge on any atom is -0.374 e. The third kappa shape index (κ3) is 4.29. The van der Waals surface area contributed by atoms with Crippen LogP contribution in [0.2, 0.25) is 0 Å².